The molecule has 11 rings (SSSR count). The Kier molecular flexibility index (Phi) is 5.16. The second kappa shape index (κ2) is 9.64. The van der Waals surface area contributed by atoms with Gasteiger partial charge >= 0.3 is 0 Å². The van der Waals surface area contributed by atoms with Crippen molar-refractivity contribution < 1.29 is 8.83 Å². The predicted molar refractivity (Wildman–Crippen MR) is 199 cm³/mol. The fraction of sp³-hybridized carbons (Fsp3) is 0. The van der Waals surface area contributed by atoms with Gasteiger partial charge in [0, 0.05) is 43.1 Å². The molecule has 6 nitrogen and oxygen atoms in total. The molecule has 0 saturated heterocycles. The van der Waals surface area contributed by atoms with E-state index >= 15 is 0 Å². The van der Waals surface area contributed by atoms with Gasteiger partial charge in [-0.15, -0.1) is 0 Å². The van der Waals surface area contributed by atoms with Crippen LogP contribution in [0.3, 0.4) is 0 Å². The summed E-state index contributed by atoms with van der Waals surface area (Å²) in [4.78, 5) is 0. The normalized spacial score (nSPS) is 12.0. The molecular formula is C44H22N4O2. The Morgan fingerprint density at radius 3 is 1.20 bits per heavy atom. The highest BCUT2D eigenvalue weighted by Crippen LogP contribution is 2.42. The number of benzene rings is 7. The summed E-state index contributed by atoms with van der Waals surface area (Å²) >= 11 is 0. The van der Waals surface area contributed by atoms with Crippen LogP contribution in [0.2, 0.25) is 0 Å². The van der Waals surface area contributed by atoms with Crippen molar-refractivity contribution in [1.82, 2.24) is 9.13 Å². The molecule has 0 aliphatic carbocycles. The van der Waals surface area contributed by atoms with Crippen molar-refractivity contribution in [3.8, 4) is 23.5 Å². The van der Waals surface area contributed by atoms with E-state index < -0.39 is 0 Å². The molecule has 0 aliphatic rings. The molecule has 50 heavy (non-hydrogen) atoms. The Balaban J connectivity index is 1.23. The topological polar surface area (TPSA) is 83.7 Å². The van der Waals surface area contributed by atoms with Crippen molar-refractivity contribution in [3.05, 3.63) is 145 Å². The van der Waals surface area contributed by atoms with Crippen LogP contribution < -0.4 is 0 Å². The molecule has 0 amide bonds. The molecule has 0 N–H and O–H groups in total. The first-order chi connectivity index (χ1) is 24.7. The summed E-state index contributed by atoms with van der Waals surface area (Å²) in [7, 11) is 0. The zero-order valence-electron chi connectivity index (χ0n) is 26.3. The maximum absolute atomic E-state index is 10.8. The van der Waals surface area contributed by atoms with Crippen LogP contribution in [0.1, 0.15) is 11.1 Å². The zero-order valence-corrected chi connectivity index (χ0v) is 26.3. The van der Waals surface area contributed by atoms with Crippen molar-refractivity contribution >= 4 is 87.5 Å². The lowest BCUT2D eigenvalue weighted by molar-refractivity contribution is 0.669. The quantitative estimate of drug-likeness (QED) is 0.189. The van der Waals surface area contributed by atoms with Gasteiger partial charge in [0.1, 0.15) is 34.5 Å². The lowest BCUT2D eigenvalue weighted by Gasteiger charge is -2.15. The first kappa shape index (κ1) is 26.8. The molecule has 0 saturated carbocycles. The molecule has 7 aromatic carbocycles. The van der Waals surface area contributed by atoms with E-state index in [0.29, 0.717) is 22.5 Å². The number of fused-ring (bicyclic) bond motifs is 12. The third kappa shape index (κ3) is 3.44. The first-order valence-electron chi connectivity index (χ1n) is 16.4. The van der Waals surface area contributed by atoms with Gasteiger partial charge in [0.25, 0.3) is 0 Å². The Hall–Kier alpha value is -7.28. The van der Waals surface area contributed by atoms with Crippen LogP contribution >= 0.6 is 0 Å². The summed E-state index contributed by atoms with van der Waals surface area (Å²) < 4.78 is 16.8. The largest absolute Gasteiger partial charge is 0.456 e. The molecule has 4 heterocycles. The number of hydrogen-bond donors (Lipinski definition) is 0. The molecule has 0 bridgehead atoms. The third-order valence-electron chi connectivity index (χ3n) is 10.2. The summed E-state index contributed by atoms with van der Waals surface area (Å²) in [5, 5.41) is 29.8. The highest BCUT2D eigenvalue weighted by Gasteiger charge is 2.23. The van der Waals surface area contributed by atoms with E-state index in [1.807, 2.05) is 72.8 Å². The van der Waals surface area contributed by atoms with Crippen molar-refractivity contribution in [2.75, 3.05) is 0 Å². The van der Waals surface area contributed by atoms with Gasteiger partial charge in [0.05, 0.1) is 44.6 Å². The fourth-order valence-corrected chi connectivity index (χ4v) is 8.02. The second-order valence-corrected chi connectivity index (χ2v) is 12.7. The minimum Gasteiger partial charge on any atom is -0.456 e. The summed E-state index contributed by atoms with van der Waals surface area (Å²) in [5.74, 6) is 0. The monoisotopic (exact) mass is 638 g/mol. The van der Waals surface area contributed by atoms with Crippen molar-refractivity contribution in [3.63, 3.8) is 0 Å². The second-order valence-electron chi connectivity index (χ2n) is 12.7. The number of nitriles is 2. The Bertz CT molecular complexity index is 3130. The van der Waals surface area contributed by atoms with Crippen LogP contribution in [0.4, 0.5) is 0 Å². The van der Waals surface area contributed by atoms with Gasteiger partial charge in [-0.1, -0.05) is 72.8 Å². The molecule has 0 aliphatic heterocycles. The minimum absolute atomic E-state index is 0.458. The Morgan fingerprint density at radius 1 is 0.360 bits per heavy atom. The van der Waals surface area contributed by atoms with Gasteiger partial charge in [0.15, 0.2) is 0 Å². The van der Waals surface area contributed by atoms with Gasteiger partial charge in [-0.25, -0.2) is 0 Å². The van der Waals surface area contributed by atoms with Crippen LogP contribution in [0.15, 0.2) is 142 Å². The Morgan fingerprint density at radius 2 is 0.760 bits per heavy atom. The average Bonchev–Trinajstić information content (AvgIpc) is 3.90. The number of para-hydroxylation sites is 4. The van der Waals surface area contributed by atoms with E-state index in [0.717, 1.165) is 87.5 Å². The Labute approximate surface area is 283 Å². The number of hydrogen-bond acceptors (Lipinski definition) is 4. The van der Waals surface area contributed by atoms with Crippen LogP contribution in [0.25, 0.3) is 98.9 Å². The molecule has 0 fully saturated rings. The predicted octanol–water partition coefficient (Wildman–Crippen LogP) is 11.4. The van der Waals surface area contributed by atoms with E-state index in [2.05, 4.69) is 81.9 Å². The summed E-state index contributed by atoms with van der Waals surface area (Å²) in [6.07, 6.45) is 0. The van der Waals surface area contributed by atoms with Crippen LogP contribution in [0, 0.1) is 22.7 Å². The SMILES string of the molecule is N#Cc1cc(-n2c3ccccc3c3cc4oc5ccccc5c4cc32)c(C#N)cc1-n1c2ccccc2c2cc3oc4ccccc4c3cc21. The van der Waals surface area contributed by atoms with Gasteiger partial charge in [-0.2, -0.15) is 10.5 Å². The maximum atomic E-state index is 10.8. The first-order valence-corrected chi connectivity index (χ1v) is 16.4. The molecule has 0 radical (unpaired) electrons. The molecule has 0 unspecified atom stereocenters. The lowest BCUT2D eigenvalue weighted by Crippen LogP contribution is -2.04. The van der Waals surface area contributed by atoms with Crippen LogP contribution in [-0.2, 0) is 0 Å². The van der Waals surface area contributed by atoms with Gasteiger partial charge in [-0.3, -0.25) is 0 Å². The van der Waals surface area contributed by atoms with E-state index in [-0.39, 0.29) is 0 Å². The molecule has 0 atom stereocenters. The van der Waals surface area contributed by atoms with E-state index in [1.54, 1.807) is 0 Å². The standard InChI is InChI=1S/C44H22N4O2/c45-23-25-18-38(48-36-14-6-2-10-28(36)32-22-44-34(20-40(32)48)30-12-4-8-16-42(30)50-44)26(24-46)17-37(25)47-35-13-5-1-9-27(35)31-21-43-33(19-39(31)47)29-11-3-7-15-41(29)49-43/h1-22H. The number of furan rings is 2. The fourth-order valence-electron chi connectivity index (χ4n) is 8.02. The lowest BCUT2D eigenvalue weighted by atomic mass is 10.1. The van der Waals surface area contributed by atoms with Gasteiger partial charge in [0.2, 0.25) is 0 Å². The van der Waals surface area contributed by atoms with E-state index in [1.165, 1.54) is 0 Å². The maximum Gasteiger partial charge on any atom is 0.136 e. The number of rotatable bonds is 2. The third-order valence-corrected chi connectivity index (χ3v) is 10.2. The highest BCUT2D eigenvalue weighted by molar-refractivity contribution is 6.18. The van der Waals surface area contributed by atoms with Gasteiger partial charge < -0.3 is 18.0 Å². The molecule has 230 valence electrons. The summed E-state index contributed by atoms with van der Waals surface area (Å²) in [6.45, 7) is 0. The van der Waals surface area contributed by atoms with Crippen molar-refractivity contribution in [1.29, 1.82) is 10.5 Å². The van der Waals surface area contributed by atoms with Gasteiger partial charge in [-0.05, 0) is 60.7 Å². The minimum atomic E-state index is 0.458. The molecule has 6 heteroatoms. The van der Waals surface area contributed by atoms with Crippen LogP contribution in [0.5, 0.6) is 0 Å². The molecule has 11 aromatic rings. The molecular weight excluding hydrogens is 617 g/mol. The summed E-state index contributed by atoms with van der Waals surface area (Å²) in [5.41, 5.74) is 9.23. The highest BCUT2D eigenvalue weighted by atomic mass is 16.3. The molecule has 0 spiro atoms. The number of nitrogens with zero attached hydrogens (tertiary/aromatic N) is 4. The van der Waals surface area contributed by atoms with E-state index in [4.69, 9.17) is 8.83 Å². The van der Waals surface area contributed by atoms with E-state index in [9.17, 15) is 10.5 Å². The van der Waals surface area contributed by atoms with Crippen LogP contribution in [-0.4, -0.2) is 9.13 Å². The number of aromatic nitrogens is 2. The smallest absolute Gasteiger partial charge is 0.136 e. The van der Waals surface area contributed by atoms with Crippen molar-refractivity contribution in [2.24, 2.45) is 0 Å². The zero-order chi connectivity index (χ0) is 33.1. The van der Waals surface area contributed by atoms with Crippen molar-refractivity contribution in [2.45, 2.75) is 0 Å². The summed E-state index contributed by atoms with van der Waals surface area (Å²) in [6, 6.07) is 49.6. The molecule has 4 aromatic heterocycles. The average molecular weight is 639 g/mol.